The Kier molecular flexibility index (Phi) is 60.2. The Morgan fingerprint density at radius 3 is 1.17 bits per heavy atom. The van der Waals surface area contributed by atoms with Crippen LogP contribution in [0.25, 0.3) is 0 Å². The molecule has 3 unspecified atom stereocenters. The Hall–Kier alpha value is -3.33. The van der Waals surface area contributed by atoms with E-state index in [9.17, 15) is 19.0 Å². The maximum atomic E-state index is 13.6. The minimum absolute atomic E-state index is 0.0305. The van der Waals surface area contributed by atoms with Gasteiger partial charge >= 0.3 is 5.97 Å². The van der Waals surface area contributed by atoms with Crippen LogP contribution in [0.5, 0.6) is 0 Å². The van der Waals surface area contributed by atoms with Crippen LogP contribution >= 0.6 is 7.82 Å². The van der Waals surface area contributed by atoms with Gasteiger partial charge in [0, 0.05) is 12.8 Å². The number of hydrogen-bond acceptors (Lipinski definition) is 7. The summed E-state index contributed by atoms with van der Waals surface area (Å²) in [5.74, 6) is -0.560. The molecule has 0 saturated heterocycles. The summed E-state index contributed by atoms with van der Waals surface area (Å²) in [5.41, 5.74) is 0. The Balaban J connectivity index is 5.15. The first-order chi connectivity index (χ1) is 40.9. The monoisotopic (exact) mass is 1190 g/mol. The van der Waals surface area contributed by atoms with Gasteiger partial charge in [-0.05, 0) is 115 Å². The van der Waals surface area contributed by atoms with E-state index in [-0.39, 0.29) is 24.9 Å². The van der Waals surface area contributed by atoms with E-state index < -0.39 is 26.6 Å². The van der Waals surface area contributed by atoms with Crippen LogP contribution in [0.1, 0.15) is 297 Å². The molecule has 0 aromatic rings. The second kappa shape index (κ2) is 62.7. The summed E-state index contributed by atoms with van der Waals surface area (Å²) >= 11 is 0. The maximum Gasteiger partial charge on any atom is 0.306 e. The highest BCUT2D eigenvalue weighted by atomic mass is 31.2. The van der Waals surface area contributed by atoms with Gasteiger partial charge in [-0.2, -0.15) is 0 Å². The third-order valence-electron chi connectivity index (χ3n) is 14.9. The number of allylic oxidation sites excluding steroid dienone is 17. The van der Waals surface area contributed by atoms with Crippen molar-refractivity contribution in [1.29, 1.82) is 0 Å². The number of rotatable bonds is 62. The van der Waals surface area contributed by atoms with Crippen molar-refractivity contribution in [2.75, 3.05) is 40.9 Å². The average Bonchev–Trinajstić information content (AvgIpc) is 3.64. The summed E-state index contributed by atoms with van der Waals surface area (Å²) < 4.78 is 30.4. The second-order valence-electron chi connectivity index (χ2n) is 24.3. The standard InChI is InChI=1S/C74H131N2O7P/c1-7-10-13-16-19-22-25-28-30-32-34-36-37-38-39-41-42-44-46-48-51-54-57-60-63-66-73(77)75-71(70-82-84(79,80)81-69-68-76(4,5)6)72(65-62-59-56-53-50-27-24-21-18-15-12-9-3)83-74(78)67-64-61-58-55-52-49-47-45-43-40-35-33-31-29-26-23-20-17-14-11-8-2/h10,13,19-20,22-23,28-31,34,36,38-39,42,44,62,65,71-72H,7-9,11-12,14-18,21,24-27,32-33,35,37,40-41,43,45-61,63-64,66-70H2,1-6H3,(H-,75,77,79,80)/b13-10-,22-19-,23-20-,30-28-,31-29-,36-34-,39-38-,44-42-,65-62-. The summed E-state index contributed by atoms with van der Waals surface area (Å²) in [7, 11) is 1.16. The van der Waals surface area contributed by atoms with E-state index in [0.717, 1.165) is 128 Å². The van der Waals surface area contributed by atoms with Crippen LogP contribution in [0, 0.1) is 0 Å². The SMILES string of the molecule is CC/C=C\C/C=C\C/C=C\C/C=C\C/C=C\C/C=C\CCCCCCCCC(=O)NC(COP(=O)([O-])OCC[N+](C)(C)C)C(/C=C\CCCCCCCCCCCC)OC(=O)CCCCCCCCCCCCC/C=C\C/C=C\CCCCC. The van der Waals surface area contributed by atoms with Crippen LogP contribution in [-0.4, -0.2) is 69.4 Å². The number of carbonyl (C=O) groups is 2. The topological polar surface area (TPSA) is 114 Å². The van der Waals surface area contributed by atoms with Gasteiger partial charge in [0.1, 0.15) is 19.3 Å². The molecule has 0 rings (SSSR count). The molecule has 0 aromatic heterocycles. The zero-order valence-corrected chi connectivity index (χ0v) is 56.2. The number of likely N-dealkylation sites (N-methyl/N-ethyl adjacent to an activating group) is 1. The molecule has 0 saturated carbocycles. The molecule has 9 nitrogen and oxygen atoms in total. The van der Waals surface area contributed by atoms with E-state index in [1.54, 1.807) is 0 Å². The van der Waals surface area contributed by atoms with Crippen LogP contribution in [0.3, 0.4) is 0 Å². The molecular formula is C74H131N2O7P. The molecule has 0 aromatic carbocycles. The fourth-order valence-corrected chi connectivity index (χ4v) is 10.3. The van der Waals surface area contributed by atoms with Gasteiger partial charge in [-0.3, -0.25) is 14.2 Å². The normalized spacial score (nSPS) is 14.2. The number of carbonyl (C=O) groups excluding carboxylic acids is 2. The van der Waals surface area contributed by atoms with Crippen molar-refractivity contribution in [3.05, 3.63) is 109 Å². The summed E-state index contributed by atoms with van der Waals surface area (Å²) in [6.07, 6.45) is 86.3. The summed E-state index contributed by atoms with van der Waals surface area (Å²) in [6, 6.07) is -0.905. The van der Waals surface area contributed by atoms with E-state index >= 15 is 0 Å². The molecule has 0 fully saturated rings. The predicted molar refractivity (Wildman–Crippen MR) is 362 cm³/mol. The van der Waals surface area contributed by atoms with Crippen molar-refractivity contribution >= 4 is 19.7 Å². The molecule has 484 valence electrons. The lowest BCUT2D eigenvalue weighted by Gasteiger charge is -2.30. The van der Waals surface area contributed by atoms with E-state index in [1.165, 1.54) is 135 Å². The molecule has 10 heteroatoms. The fraction of sp³-hybridized carbons (Fsp3) is 0.730. The molecule has 0 bridgehead atoms. The Morgan fingerprint density at radius 1 is 0.429 bits per heavy atom. The Labute approximate surface area is 519 Å². The van der Waals surface area contributed by atoms with Crippen LogP contribution in [0.2, 0.25) is 0 Å². The lowest BCUT2D eigenvalue weighted by Crippen LogP contribution is -2.47. The van der Waals surface area contributed by atoms with Gasteiger partial charge in [-0.1, -0.05) is 278 Å². The largest absolute Gasteiger partial charge is 0.756 e. The third kappa shape index (κ3) is 63.2. The van der Waals surface area contributed by atoms with Crippen molar-refractivity contribution in [1.82, 2.24) is 5.32 Å². The number of unbranched alkanes of at least 4 members (excludes halogenated alkanes) is 30. The molecule has 0 radical (unpaired) electrons. The number of phosphoric acid groups is 1. The quantitative estimate of drug-likeness (QED) is 0.0212. The van der Waals surface area contributed by atoms with Crippen LogP contribution < -0.4 is 10.2 Å². The van der Waals surface area contributed by atoms with Gasteiger partial charge in [0.2, 0.25) is 5.91 Å². The van der Waals surface area contributed by atoms with E-state index in [4.69, 9.17) is 13.8 Å². The van der Waals surface area contributed by atoms with Crippen LogP contribution in [0.15, 0.2) is 109 Å². The van der Waals surface area contributed by atoms with Gasteiger partial charge in [-0.15, -0.1) is 0 Å². The van der Waals surface area contributed by atoms with Gasteiger partial charge in [0.25, 0.3) is 7.82 Å². The minimum Gasteiger partial charge on any atom is -0.756 e. The zero-order valence-electron chi connectivity index (χ0n) is 55.3. The van der Waals surface area contributed by atoms with Crippen molar-refractivity contribution in [2.45, 2.75) is 309 Å². The van der Waals surface area contributed by atoms with Crippen molar-refractivity contribution in [3.8, 4) is 0 Å². The van der Waals surface area contributed by atoms with Gasteiger partial charge < -0.3 is 28.5 Å². The van der Waals surface area contributed by atoms with E-state index in [2.05, 4.69) is 123 Å². The van der Waals surface area contributed by atoms with Crippen molar-refractivity contribution in [3.63, 3.8) is 0 Å². The zero-order chi connectivity index (χ0) is 61.4. The molecule has 0 spiro atoms. The highest BCUT2D eigenvalue weighted by molar-refractivity contribution is 7.45. The third-order valence-corrected chi connectivity index (χ3v) is 15.9. The number of amides is 1. The molecule has 84 heavy (non-hydrogen) atoms. The van der Waals surface area contributed by atoms with Crippen molar-refractivity contribution in [2.24, 2.45) is 0 Å². The number of nitrogens with zero attached hydrogens (tertiary/aromatic N) is 1. The minimum atomic E-state index is -4.71. The molecule has 1 N–H and O–H groups in total. The van der Waals surface area contributed by atoms with E-state index in [1.807, 2.05) is 33.3 Å². The van der Waals surface area contributed by atoms with Gasteiger partial charge in [0.05, 0.1) is 33.8 Å². The highest BCUT2D eigenvalue weighted by Crippen LogP contribution is 2.38. The van der Waals surface area contributed by atoms with Crippen LogP contribution in [-0.2, 0) is 27.9 Å². The molecular weight excluding hydrogens is 1060 g/mol. The molecule has 0 aliphatic carbocycles. The van der Waals surface area contributed by atoms with Gasteiger partial charge in [-0.25, -0.2) is 0 Å². The number of ether oxygens (including phenoxy) is 1. The number of hydrogen-bond donors (Lipinski definition) is 1. The number of phosphoric ester groups is 1. The molecule has 0 aliphatic heterocycles. The first kappa shape index (κ1) is 80.7. The molecule has 1 amide bonds. The molecule has 0 heterocycles. The van der Waals surface area contributed by atoms with Crippen LogP contribution in [0.4, 0.5) is 0 Å². The maximum absolute atomic E-state index is 13.6. The summed E-state index contributed by atoms with van der Waals surface area (Å²) in [5, 5.41) is 3.03. The number of nitrogens with one attached hydrogen (secondary N) is 1. The highest BCUT2D eigenvalue weighted by Gasteiger charge is 2.27. The second-order valence-corrected chi connectivity index (χ2v) is 25.7. The summed E-state index contributed by atoms with van der Waals surface area (Å²) in [4.78, 5) is 40.2. The smallest absolute Gasteiger partial charge is 0.306 e. The summed E-state index contributed by atoms with van der Waals surface area (Å²) in [6.45, 7) is 6.70. The number of quaternary nitrogens is 1. The van der Waals surface area contributed by atoms with Gasteiger partial charge in [0.15, 0.2) is 0 Å². The first-order valence-electron chi connectivity index (χ1n) is 34.7. The Bertz CT molecular complexity index is 1810. The lowest BCUT2D eigenvalue weighted by atomic mass is 10.0. The first-order valence-corrected chi connectivity index (χ1v) is 36.2. The average molecular weight is 1190 g/mol. The Morgan fingerprint density at radius 2 is 0.762 bits per heavy atom. The molecule has 0 aliphatic rings. The molecule has 3 atom stereocenters. The lowest BCUT2D eigenvalue weighted by molar-refractivity contribution is -0.870. The fourth-order valence-electron chi connectivity index (χ4n) is 9.62. The number of esters is 1. The van der Waals surface area contributed by atoms with E-state index in [0.29, 0.717) is 17.4 Å². The van der Waals surface area contributed by atoms with Crippen molar-refractivity contribution < 1.29 is 37.3 Å². The predicted octanol–water partition coefficient (Wildman–Crippen LogP) is 21.4.